The Morgan fingerprint density at radius 3 is 2.67 bits per heavy atom. The fraction of sp³-hybridized carbons (Fsp3) is 0.588. The highest BCUT2D eigenvalue weighted by atomic mass is 19.4. The van der Waals surface area contributed by atoms with Crippen molar-refractivity contribution in [3.63, 3.8) is 0 Å². The normalized spacial score (nSPS) is 19.6. The lowest BCUT2D eigenvalue weighted by atomic mass is 9.85. The molecule has 1 fully saturated rings. The molecule has 1 saturated heterocycles. The van der Waals surface area contributed by atoms with Gasteiger partial charge in [0, 0.05) is 6.42 Å². The molecule has 2 rings (SSSR count). The molecular formula is C17H24F3N3O. The zero-order chi connectivity index (χ0) is 17.6. The molecule has 7 heteroatoms. The van der Waals surface area contributed by atoms with Crippen molar-refractivity contribution in [2.75, 3.05) is 30.3 Å². The highest BCUT2D eigenvalue weighted by Crippen LogP contribution is 2.26. The van der Waals surface area contributed by atoms with Gasteiger partial charge in [-0.25, -0.2) is 0 Å². The number of hydrogen-bond donors (Lipinski definition) is 3. The topological polar surface area (TPSA) is 53.2 Å². The highest BCUT2D eigenvalue weighted by molar-refractivity contribution is 5.94. The lowest BCUT2D eigenvalue weighted by Gasteiger charge is -2.28. The second kappa shape index (κ2) is 8.37. The third kappa shape index (κ3) is 6.03. The Kier molecular flexibility index (Phi) is 6.48. The lowest BCUT2D eigenvalue weighted by Crippen LogP contribution is -2.34. The minimum absolute atomic E-state index is 0.172. The third-order valence-electron chi connectivity index (χ3n) is 4.33. The van der Waals surface area contributed by atoms with Crippen LogP contribution in [0.15, 0.2) is 24.3 Å². The van der Waals surface area contributed by atoms with Crippen LogP contribution < -0.4 is 16.0 Å². The van der Waals surface area contributed by atoms with Crippen LogP contribution in [0.2, 0.25) is 0 Å². The van der Waals surface area contributed by atoms with Crippen molar-refractivity contribution >= 4 is 17.3 Å². The molecule has 1 aliphatic rings. The van der Waals surface area contributed by atoms with Crippen LogP contribution in [-0.2, 0) is 4.79 Å². The molecule has 0 aliphatic carbocycles. The highest BCUT2D eigenvalue weighted by Gasteiger charge is 2.27. The number of anilines is 2. The summed E-state index contributed by atoms with van der Waals surface area (Å²) in [5.41, 5.74) is 0.649. The van der Waals surface area contributed by atoms with Gasteiger partial charge >= 0.3 is 6.18 Å². The van der Waals surface area contributed by atoms with Gasteiger partial charge in [0.1, 0.15) is 6.54 Å². The molecule has 2 unspecified atom stereocenters. The molecular weight excluding hydrogens is 319 g/mol. The van der Waals surface area contributed by atoms with Crippen molar-refractivity contribution in [1.82, 2.24) is 5.32 Å². The summed E-state index contributed by atoms with van der Waals surface area (Å²) in [5, 5.41) is 8.38. The summed E-state index contributed by atoms with van der Waals surface area (Å²) in [7, 11) is 0. The van der Waals surface area contributed by atoms with Crippen molar-refractivity contribution in [2.24, 2.45) is 11.8 Å². The first-order valence-electron chi connectivity index (χ1n) is 8.25. The Balaban J connectivity index is 1.91. The minimum Gasteiger partial charge on any atom is -0.375 e. The first kappa shape index (κ1) is 18.6. The van der Waals surface area contributed by atoms with E-state index in [9.17, 15) is 18.0 Å². The van der Waals surface area contributed by atoms with Gasteiger partial charge in [0.15, 0.2) is 0 Å². The lowest BCUT2D eigenvalue weighted by molar-refractivity contribution is -0.117. The number of nitrogens with one attached hydrogen (secondary N) is 3. The van der Waals surface area contributed by atoms with Crippen molar-refractivity contribution in [1.29, 1.82) is 0 Å². The quantitative estimate of drug-likeness (QED) is 0.739. The molecule has 3 N–H and O–H groups in total. The van der Waals surface area contributed by atoms with Gasteiger partial charge in [0.2, 0.25) is 5.91 Å². The predicted molar refractivity (Wildman–Crippen MR) is 89.0 cm³/mol. The predicted octanol–water partition coefficient (Wildman–Crippen LogP) is 3.63. The van der Waals surface area contributed by atoms with E-state index in [1.807, 2.05) is 6.92 Å². The molecule has 2 atom stereocenters. The van der Waals surface area contributed by atoms with E-state index < -0.39 is 12.7 Å². The second-order valence-electron chi connectivity index (χ2n) is 6.35. The number of benzene rings is 1. The van der Waals surface area contributed by atoms with Crippen molar-refractivity contribution in [3.8, 4) is 0 Å². The van der Waals surface area contributed by atoms with Crippen molar-refractivity contribution in [2.45, 2.75) is 32.4 Å². The molecule has 24 heavy (non-hydrogen) atoms. The number of carbonyl (C=O) groups is 1. The number of halogens is 3. The van der Waals surface area contributed by atoms with Crippen LogP contribution >= 0.6 is 0 Å². The standard InChI is InChI=1S/C17H24F3N3O/c1-12(13-5-4-8-21-10-13)9-16(24)23-15-7-3-2-6-14(15)22-11-17(18,19)20/h2-3,6-7,12-13,21-22H,4-5,8-11H2,1H3,(H,23,24). The molecule has 1 amide bonds. The fourth-order valence-electron chi connectivity index (χ4n) is 2.97. The van der Waals surface area contributed by atoms with Crippen molar-refractivity contribution < 1.29 is 18.0 Å². The number of rotatable bonds is 6. The summed E-state index contributed by atoms with van der Waals surface area (Å²) in [5.74, 6) is 0.519. The van der Waals surface area contributed by atoms with Crippen LogP contribution in [0.25, 0.3) is 0 Å². The van der Waals surface area contributed by atoms with Crippen LogP contribution in [-0.4, -0.2) is 31.7 Å². The fourth-order valence-corrected chi connectivity index (χ4v) is 2.97. The largest absolute Gasteiger partial charge is 0.405 e. The summed E-state index contributed by atoms with van der Waals surface area (Å²) in [6, 6.07) is 6.44. The first-order chi connectivity index (χ1) is 11.3. The van der Waals surface area contributed by atoms with E-state index in [0.29, 0.717) is 18.0 Å². The molecule has 4 nitrogen and oxygen atoms in total. The van der Waals surface area contributed by atoms with E-state index in [1.165, 1.54) is 6.07 Å². The summed E-state index contributed by atoms with van der Waals surface area (Å²) < 4.78 is 37.1. The average Bonchev–Trinajstić information content (AvgIpc) is 2.54. The molecule has 0 radical (unpaired) electrons. The van der Waals surface area contributed by atoms with Crippen LogP contribution in [0.5, 0.6) is 0 Å². The van der Waals surface area contributed by atoms with Gasteiger partial charge in [0.05, 0.1) is 11.4 Å². The van der Waals surface area contributed by atoms with Gasteiger partial charge in [-0.3, -0.25) is 4.79 Å². The molecule has 0 spiro atoms. The molecule has 134 valence electrons. The zero-order valence-corrected chi connectivity index (χ0v) is 13.7. The summed E-state index contributed by atoms with van der Waals surface area (Å²) in [4.78, 5) is 12.2. The summed E-state index contributed by atoms with van der Waals surface area (Å²) in [6.07, 6.45) is -1.73. The number of para-hydroxylation sites is 2. The molecule has 1 aromatic rings. The molecule has 0 aromatic heterocycles. The Hall–Kier alpha value is -1.76. The van der Waals surface area contributed by atoms with Crippen LogP contribution in [0.1, 0.15) is 26.2 Å². The SMILES string of the molecule is CC(CC(=O)Nc1ccccc1NCC(F)(F)F)C1CCCNC1. The average molecular weight is 343 g/mol. The molecule has 1 heterocycles. The van der Waals surface area contributed by atoms with E-state index in [1.54, 1.807) is 18.2 Å². The Morgan fingerprint density at radius 2 is 2.04 bits per heavy atom. The number of piperidine rings is 1. The van der Waals surface area contributed by atoms with Crippen molar-refractivity contribution in [3.05, 3.63) is 24.3 Å². The molecule has 1 aromatic carbocycles. The Morgan fingerprint density at radius 1 is 1.33 bits per heavy atom. The molecule has 0 saturated carbocycles. The van der Waals surface area contributed by atoms with Gasteiger partial charge in [-0.2, -0.15) is 13.2 Å². The Labute approximate surface area is 140 Å². The zero-order valence-electron chi connectivity index (χ0n) is 13.7. The monoisotopic (exact) mass is 343 g/mol. The number of alkyl halides is 3. The van der Waals surface area contributed by atoms with E-state index in [2.05, 4.69) is 16.0 Å². The number of amides is 1. The second-order valence-corrected chi connectivity index (χ2v) is 6.35. The van der Waals surface area contributed by atoms with E-state index in [-0.39, 0.29) is 17.5 Å². The number of carbonyl (C=O) groups excluding carboxylic acids is 1. The van der Waals surface area contributed by atoms with Gasteiger partial charge < -0.3 is 16.0 Å². The summed E-state index contributed by atoms with van der Waals surface area (Å²) >= 11 is 0. The van der Waals surface area contributed by atoms with E-state index in [4.69, 9.17) is 0 Å². The minimum atomic E-state index is -4.31. The van der Waals surface area contributed by atoms with E-state index in [0.717, 1.165) is 25.9 Å². The van der Waals surface area contributed by atoms with Crippen LogP contribution in [0.4, 0.5) is 24.5 Å². The third-order valence-corrected chi connectivity index (χ3v) is 4.33. The van der Waals surface area contributed by atoms with E-state index >= 15 is 0 Å². The van der Waals surface area contributed by atoms with Gasteiger partial charge in [0.25, 0.3) is 0 Å². The van der Waals surface area contributed by atoms with Crippen LogP contribution in [0.3, 0.4) is 0 Å². The van der Waals surface area contributed by atoms with Gasteiger partial charge in [-0.05, 0) is 49.9 Å². The maximum absolute atomic E-state index is 12.4. The maximum Gasteiger partial charge on any atom is 0.405 e. The first-order valence-corrected chi connectivity index (χ1v) is 8.25. The summed E-state index contributed by atoms with van der Waals surface area (Å²) in [6.45, 7) is 2.85. The smallest absolute Gasteiger partial charge is 0.375 e. The number of hydrogen-bond acceptors (Lipinski definition) is 3. The molecule has 1 aliphatic heterocycles. The van der Waals surface area contributed by atoms with Gasteiger partial charge in [-0.1, -0.05) is 19.1 Å². The van der Waals surface area contributed by atoms with Gasteiger partial charge in [-0.15, -0.1) is 0 Å². The maximum atomic E-state index is 12.4. The molecule has 0 bridgehead atoms. The van der Waals surface area contributed by atoms with Crippen LogP contribution in [0, 0.1) is 11.8 Å². The Bertz CT molecular complexity index is 542.